The van der Waals surface area contributed by atoms with Crippen LogP contribution in [0.3, 0.4) is 0 Å². The zero-order valence-electron chi connectivity index (χ0n) is 23.2. The molecule has 1 aliphatic carbocycles. The molecule has 2 heterocycles. The highest BCUT2D eigenvalue weighted by atomic mass is 32.2. The Morgan fingerprint density at radius 3 is 2.46 bits per heavy atom. The lowest BCUT2D eigenvalue weighted by Gasteiger charge is -2.50. The van der Waals surface area contributed by atoms with Crippen LogP contribution in [0.5, 0.6) is 0 Å². The lowest BCUT2D eigenvalue weighted by atomic mass is 9.63. The molecule has 5 rings (SSSR count). The summed E-state index contributed by atoms with van der Waals surface area (Å²) in [5.74, 6) is -0.0632. The van der Waals surface area contributed by atoms with Crippen LogP contribution in [0.15, 0.2) is 59.6 Å². The number of halogens is 1. The van der Waals surface area contributed by atoms with Crippen molar-refractivity contribution in [3.05, 3.63) is 77.4 Å². The van der Waals surface area contributed by atoms with Crippen LogP contribution < -0.4 is 0 Å². The molecule has 0 radical (unpaired) electrons. The molecule has 1 saturated heterocycles. The first-order valence-corrected chi connectivity index (χ1v) is 15.0. The van der Waals surface area contributed by atoms with Gasteiger partial charge in [-0.15, -0.1) is 0 Å². The van der Waals surface area contributed by atoms with Crippen LogP contribution in [-0.4, -0.2) is 62.5 Å². The minimum atomic E-state index is -3.67. The van der Waals surface area contributed by atoms with Crippen molar-refractivity contribution in [1.82, 2.24) is 14.1 Å². The average Bonchev–Trinajstić information content (AvgIpc) is 3.31. The van der Waals surface area contributed by atoms with E-state index in [0.717, 1.165) is 35.3 Å². The number of fused-ring (bicyclic) bond motifs is 2. The first kappa shape index (κ1) is 28.0. The third-order valence-electron chi connectivity index (χ3n) is 8.27. The Balaban J connectivity index is 1.44. The molecule has 0 unspecified atom stereocenters. The molecule has 9 heteroatoms. The summed E-state index contributed by atoms with van der Waals surface area (Å²) in [6, 6.07) is 13.6. The summed E-state index contributed by atoms with van der Waals surface area (Å²) in [6.07, 6.45) is 4.01. The summed E-state index contributed by atoms with van der Waals surface area (Å²) in [5, 5.41) is 4.64. The highest BCUT2D eigenvalue weighted by Gasteiger charge is 2.50. The SMILES string of the molecule is COCCOC[C@]12Cc3cnn(-c4ccc(F)cc4)c3C[C@@H]1CCN(S(=O)(=O)c1ccc(C(C)(C)C)cc1)C2. The van der Waals surface area contributed by atoms with Crippen LogP contribution in [0.2, 0.25) is 0 Å². The van der Waals surface area contributed by atoms with E-state index in [9.17, 15) is 12.8 Å². The molecule has 7 nitrogen and oxygen atoms in total. The first-order valence-electron chi connectivity index (χ1n) is 13.5. The van der Waals surface area contributed by atoms with Gasteiger partial charge in [0.25, 0.3) is 0 Å². The molecule has 1 fully saturated rings. The second kappa shape index (κ2) is 10.8. The molecule has 1 aromatic heterocycles. The Hall–Kier alpha value is -2.59. The molecular formula is C30H38FN3O4S. The van der Waals surface area contributed by atoms with Crippen LogP contribution >= 0.6 is 0 Å². The number of methoxy groups -OCH3 is 1. The second-order valence-corrected chi connectivity index (χ2v) is 13.8. The van der Waals surface area contributed by atoms with Crippen molar-refractivity contribution in [1.29, 1.82) is 0 Å². The molecule has 210 valence electrons. The number of aromatic nitrogens is 2. The van der Waals surface area contributed by atoms with E-state index < -0.39 is 10.0 Å². The van der Waals surface area contributed by atoms with Crippen LogP contribution in [0.25, 0.3) is 5.69 Å². The minimum Gasteiger partial charge on any atom is -0.382 e. The van der Waals surface area contributed by atoms with Crippen molar-refractivity contribution in [3.63, 3.8) is 0 Å². The normalized spacial score (nSPS) is 21.9. The Kier molecular flexibility index (Phi) is 7.72. The largest absolute Gasteiger partial charge is 0.382 e. The molecule has 3 aromatic rings. The summed E-state index contributed by atoms with van der Waals surface area (Å²) in [7, 11) is -2.03. The Morgan fingerprint density at radius 1 is 1.08 bits per heavy atom. The van der Waals surface area contributed by atoms with Crippen molar-refractivity contribution in [3.8, 4) is 5.69 Å². The molecule has 2 aliphatic rings. The fourth-order valence-electron chi connectivity index (χ4n) is 5.99. The van der Waals surface area contributed by atoms with E-state index in [0.29, 0.717) is 44.2 Å². The monoisotopic (exact) mass is 555 g/mol. The van der Waals surface area contributed by atoms with Gasteiger partial charge in [-0.05, 0) is 78.1 Å². The third kappa shape index (κ3) is 5.55. The van der Waals surface area contributed by atoms with Gasteiger partial charge in [0.05, 0.1) is 36.6 Å². The number of hydrogen-bond donors (Lipinski definition) is 0. The highest BCUT2D eigenvalue weighted by molar-refractivity contribution is 7.89. The first-order chi connectivity index (χ1) is 18.5. The Bertz CT molecular complexity index is 1400. The summed E-state index contributed by atoms with van der Waals surface area (Å²) in [4.78, 5) is 0.324. The van der Waals surface area contributed by atoms with E-state index in [-0.39, 0.29) is 22.6 Å². The van der Waals surface area contributed by atoms with E-state index in [1.54, 1.807) is 35.7 Å². The molecule has 0 bridgehead atoms. The highest BCUT2D eigenvalue weighted by Crippen LogP contribution is 2.47. The number of piperidine rings is 1. The number of benzene rings is 2. The Morgan fingerprint density at radius 2 is 1.79 bits per heavy atom. The fourth-order valence-corrected chi connectivity index (χ4v) is 7.54. The van der Waals surface area contributed by atoms with Gasteiger partial charge in [0.2, 0.25) is 10.0 Å². The smallest absolute Gasteiger partial charge is 0.243 e. The molecule has 0 N–H and O–H groups in total. The topological polar surface area (TPSA) is 73.7 Å². The van der Waals surface area contributed by atoms with E-state index in [4.69, 9.17) is 9.47 Å². The van der Waals surface area contributed by atoms with E-state index in [1.807, 2.05) is 23.0 Å². The van der Waals surface area contributed by atoms with Gasteiger partial charge in [0.1, 0.15) is 5.82 Å². The summed E-state index contributed by atoms with van der Waals surface area (Å²) in [5.41, 5.74) is 3.67. The van der Waals surface area contributed by atoms with Crippen molar-refractivity contribution < 1.29 is 22.3 Å². The lowest BCUT2D eigenvalue weighted by Crippen LogP contribution is -2.56. The molecular weight excluding hydrogens is 517 g/mol. The quantitative estimate of drug-likeness (QED) is 0.375. The predicted octanol–water partition coefficient (Wildman–Crippen LogP) is 4.77. The molecule has 39 heavy (non-hydrogen) atoms. The van der Waals surface area contributed by atoms with Crippen LogP contribution in [0.1, 0.15) is 44.0 Å². The van der Waals surface area contributed by atoms with E-state index in [1.165, 1.54) is 12.1 Å². The summed E-state index contributed by atoms with van der Waals surface area (Å²) >= 11 is 0. The second-order valence-electron chi connectivity index (χ2n) is 11.9. The molecule has 2 aromatic carbocycles. The van der Waals surface area contributed by atoms with Crippen molar-refractivity contribution in [2.24, 2.45) is 11.3 Å². The number of sulfonamides is 1. The predicted molar refractivity (Wildman–Crippen MR) is 148 cm³/mol. The molecule has 0 saturated carbocycles. The van der Waals surface area contributed by atoms with Crippen molar-refractivity contribution >= 4 is 10.0 Å². The van der Waals surface area contributed by atoms with Gasteiger partial charge in [0, 0.05) is 31.3 Å². The summed E-state index contributed by atoms with van der Waals surface area (Å²) in [6.45, 7) is 8.56. The zero-order chi connectivity index (χ0) is 27.8. The number of rotatable bonds is 8. The van der Waals surface area contributed by atoms with Gasteiger partial charge in [-0.2, -0.15) is 9.40 Å². The molecule has 2 atom stereocenters. The maximum absolute atomic E-state index is 13.8. The maximum atomic E-state index is 13.8. The number of nitrogens with zero attached hydrogens (tertiary/aromatic N) is 3. The fraction of sp³-hybridized carbons (Fsp3) is 0.500. The van der Waals surface area contributed by atoms with Crippen molar-refractivity contribution in [2.45, 2.75) is 50.3 Å². The molecule has 0 amide bonds. The van der Waals surface area contributed by atoms with Gasteiger partial charge >= 0.3 is 0 Å². The Labute approximate surface area is 231 Å². The molecule has 1 aliphatic heterocycles. The molecule has 0 spiro atoms. The van der Waals surface area contributed by atoms with Crippen LogP contribution in [0, 0.1) is 17.2 Å². The number of hydrogen-bond acceptors (Lipinski definition) is 5. The zero-order valence-corrected chi connectivity index (χ0v) is 24.0. The third-order valence-corrected chi connectivity index (χ3v) is 10.1. The van der Waals surface area contributed by atoms with Gasteiger partial charge in [-0.25, -0.2) is 17.5 Å². The van der Waals surface area contributed by atoms with Crippen LogP contribution in [-0.2, 0) is 37.8 Å². The minimum absolute atomic E-state index is 0.0532. The maximum Gasteiger partial charge on any atom is 0.243 e. The van der Waals surface area contributed by atoms with E-state index in [2.05, 4.69) is 25.9 Å². The van der Waals surface area contributed by atoms with Gasteiger partial charge in [0.15, 0.2) is 0 Å². The van der Waals surface area contributed by atoms with Crippen LogP contribution in [0.4, 0.5) is 4.39 Å². The van der Waals surface area contributed by atoms with Gasteiger partial charge < -0.3 is 9.47 Å². The standard InChI is InChI=1S/C30H38FN3O4S/c1-29(2,3)23-5-11-27(12-6-23)39(35,36)33-14-13-24-17-28-22(18-30(24,20-33)21-38-16-15-37-4)19-32-34(28)26-9-7-25(31)8-10-26/h5-12,19,24H,13-18,20-21H2,1-4H3/t24-,30+/m0/s1. The van der Waals surface area contributed by atoms with Gasteiger partial charge in [-0.1, -0.05) is 32.9 Å². The van der Waals surface area contributed by atoms with E-state index >= 15 is 0 Å². The van der Waals surface area contributed by atoms with Gasteiger partial charge in [-0.3, -0.25) is 0 Å². The average molecular weight is 556 g/mol. The summed E-state index contributed by atoms with van der Waals surface area (Å²) < 4.78 is 56.0. The van der Waals surface area contributed by atoms with Crippen molar-refractivity contribution in [2.75, 3.05) is 40.0 Å². The number of ether oxygens (including phenoxy) is 2. The lowest BCUT2D eigenvalue weighted by molar-refractivity contribution is -0.0442.